The van der Waals surface area contributed by atoms with E-state index in [0.717, 1.165) is 26.1 Å². The highest BCUT2D eigenvalue weighted by molar-refractivity contribution is 9.10. The first-order valence-electron chi connectivity index (χ1n) is 8.41. The number of fused-ring (bicyclic) bond motifs is 1. The molecule has 3 aromatic rings. The van der Waals surface area contributed by atoms with Gasteiger partial charge in [-0.05, 0) is 48.5 Å². The van der Waals surface area contributed by atoms with Crippen molar-refractivity contribution in [3.05, 3.63) is 96.8 Å². The molecule has 6 heteroatoms. The minimum Gasteiger partial charge on any atom is -0.488 e. The van der Waals surface area contributed by atoms with Gasteiger partial charge in [-0.3, -0.25) is 4.79 Å². The van der Waals surface area contributed by atoms with E-state index < -0.39 is 0 Å². The van der Waals surface area contributed by atoms with Crippen molar-refractivity contribution in [2.45, 2.75) is 11.5 Å². The number of allylic oxidation sites excluding steroid dienone is 1. The van der Waals surface area contributed by atoms with E-state index in [2.05, 4.69) is 15.9 Å². The van der Waals surface area contributed by atoms with E-state index >= 15 is 0 Å². The van der Waals surface area contributed by atoms with Gasteiger partial charge < -0.3 is 4.74 Å². The maximum absolute atomic E-state index is 12.7. The Hall–Kier alpha value is -1.72. The molecule has 3 aromatic carbocycles. The number of thioether (sulfide) groups is 1. The number of Topliss-reactive ketones (excluding diaryl/α,β-unsaturated/α-hetero) is 1. The second kappa shape index (κ2) is 8.34. The van der Waals surface area contributed by atoms with Gasteiger partial charge in [-0.25, -0.2) is 0 Å². The van der Waals surface area contributed by atoms with Gasteiger partial charge in [-0.2, -0.15) is 0 Å². The highest BCUT2D eigenvalue weighted by Crippen LogP contribution is 2.41. The highest BCUT2D eigenvalue weighted by atomic mass is 79.9. The topological polar surface area (TPSA) is 26.3 Å². The second-order valence-corrected chi connectivity index (χ2v) is 8.99. The van der Waals surface area contributed by atoms with Crippen LogP contribution in [-0.2, 0) is 6.61 Å². The summed E-state index contributed by atoms with van der Waals surface area (Å²) in [4.78, 5) is 14.3. The van der Waals surface area contributed by atoms with Crippen LogP contribution in [0, 0.1) is 0 Å². The molecular weight excluding hydrogens is 479 g/mol. The zero-order valence-corrected chi connectivity index (χ0v) is 18.3. The van der Waals surface area contributed by atoms with Crippen LogP contribution < -0.4 is 4.74 Å². The smallest absolute Gasteiger partial charge is 0.200 e. The molecule has 0 spiro atoms. The van der Waals surface area contributed by atoms with Crippen molar-refractivity contribution in [2.75, 3.05) is 0 Å². The Balaban J connectivity index is 1.62. The lowest BCUT2D eigenvalue weighted by Crippen LogP contribution is -1.99. The van der Waals surface area contributed by atoms with E-state index in [-0.39, 0.29) is 5.78 Å². The van der Waals surface area contributed by atoms with Crippen LogP contribution in [-0.4, -0.2) is 5.78 Å². The molecule has 0 radical (unpaired) electrons. The zero-order valence-electron chi connectivity index (χ0n) is 14.4. The minimum atomic E-state index is 0.0345. The largest absolute Gasteiger partial charge is 0.488 e. The average molecular weight is 492 g/mol. The molecule has 0 saturated carbocycles. The summed E-state index contributed by atoms with van der Waals surface area (Å²) < 4.78 is 6.91. The predicted molar refractivity (Wildman–Crippen MR) is 120 cm³/mol. The fraction of sp³-hybridized carbons (Fsp3) is 0.0455. The molecule has 1 aliphatic rings. The number of halogens is 3. The average Bonchev–Trinajstić information content (AvgIpc) is 2.98. The van der Waals surface area contributed by atoms with Crippen molar-refractivity contribution in [1.29, 1.82) is 0 Å². The van der Waals surface area contributed by atoms with Crippen molar-refractivity contribution < 1.29 is 9.53 Å². The fourth-order valence-corrected chi connectivity index (χ4v) is 4.72. The van der Waals surface area contributed by atoms with E-state index in [9.17, 15) is 4.79 Å². The first-order valence-corrected chi connectivity index (χ1v) is 10.8. The van der Waals surface area contributed by atoms with Crippen LogP contribution in [0.5, 0.6) is 5.75 Å². The lowest BCUT2D eigenvalue weighted by Gasteiger charge is -2.11. The van der Waals surface area contributed by atoms with Crippen molar-refractivity contribution in [2.24, 2.45) is 0 Å². The third kappa shape index (κ3) is 4.15. The molecule has 0 saturated heterocycles. The van der Waals surface area contributed by atoms with Gasteiger partial charge in [0.25, 0.3) is 0 Å². The van der Waals surface area contributed by atoms with E-state index in [1.54, 1.807) is 12.1 Å². The Kier molecular flexibility index (Phi) is 5.83. The fourth-order valence-electron chi connectivity index (χ4n) is 2.83. The van der Waals surface area contributed by atoms with E-state index in [0.29, 0.717) is 27.3 Å². The van der Waals surface area contributed by atoms with Crippen molar-refractivity contribution in [3.63, 3.8) is 0 Å². The Bertz CT molecular complexity index is 1110. The third-order valence-corrected chi connectivity index (χ3v) is 6.41. The Morgan fingerprint density at radius 3 is 2.64 bits per heavy atom. The van der Waals surface area contributed by atoms with Crippen LogP contribution in [0.1, 0.15) is 21.5 Å². The summed E-state index contributed by atoms with van der Waals surface area (Å²) in [6.07, 6.45) is 1.87. The molecule has 0 aliphatic carbocycles. The lowest BCUT2D eigenvalue weighted by molar-refractivity contribution is 0.104. The SMILES string of the molecule is O=C1/C(=C/c2cc(Br)ccc2OCc2ccc(Cl)cc2Cl)Sc2ccccc21. The monoisotopic (exact) mass is 490 g/mol. The van der Waals surface area contributed by atoms with Crippen molar-refractivity contribution in [3.8, 4) is 5.75 Å². The molecule has 4 rings (SSSR count). The van der Waals surface area contributed by atoms with Gasteiger partial charge in [-0.1, -0.05) is 69.1 Å². The summed E-state index contributed by atoms with van der Waals surface area (Å²) >= 11 is 17.2. The lowest BCUT2D eigenvalue weighted by atomic mass is 10.1. The van der Waals surface area contributed by atoms with Crippen molar-refractivity contribution >= 4 is 62.8 Å². The molecule has 0 amide bonds. The number of hydrogen-bond acceptors (Lipinski definition) is 3. The Morgan fingerprint density at radius 2 is 1.86 bits per heavy atom. The zero-order chi connectivity index (χ0) is 19.7. The number of hydrogen-bond donors (Lipinski definition) is 0. The van der Waals surface area contributed by atoms with E-state index in [1.807, 2.05) is 54.6 Å². The maximum Gasteiger partial charge on any atom is 0.200 e. The maximum atomic E-state index is 12.7. The molecule has 1 heterocycles. The van der Waals surface area contributed by atoms with E-state index in [4.69, 9.17) is 27.9 Å². The molecule has 0 bridgehead atoms. The van der Waals surface area contributed by atoms with Gasteiger partial charge >= 0.3 is 0 Å². The minimum absolute atomic E-state index is 0.0345. The van der Waals surface area contributed by atoms with Gasteiger partial charge in [0.05, 0.1) is 4.91 Å². The predicted octanol–water partition coefficient (Wildman–Crippen LogP) is 7.66. The standard InChI is InChI=1S/C22H13BrCl2O2S/c23-15-6-8-19(27-12-13-5-7-16(24)11-18(13)25)14(9-15)10-21-22(26)17-3-1-2-4-20(17)28-21/h1-11H,12H2/b21-10-. The highest BCUT2D eigenvalue weighted by Gasteiger charge is 2.25. The van der Waals surface area contributed by atoms with Crippen LogP contribution in [0.4, 0.5) is 0 Å². The molecule has 2 nitrogen and oxygen atoms in total. The van der Waals surface area contributed by atoms with Crippen LogP contribution in [0.2, 0.25) is 10.0 Å². The normalized spacial score (nSPS) is 14.4. The molecule has 0 aromatic heterocycles. The summed E-state index contributed by atoms with van der Waals surface area (Å²) in [5, 5.41) is 1.14. The summed E-state index contributed by atoms with van der Waals surface area (Å²) in [7, 11) is 0. The van der Waals surface area contributed by atoms with Crippen molar-refractivity contribution in [1.82, 2.24) is 0 Å². The van der Waals surface area contributed by atoms with Gasteiger partial charge in [0.2, 0.25) is 5.78 Å². The van der Waals surface area contributed by atoms with Gasteiger partial charge in [0.1, 0.15) is 12.4 Å². The molecule has 0 fully saturated rings. The number of carbonyl (C=O) groups is 1. The van der Waals surface area contributed by atoms with Crippen LogP contribution in [0.15, 0.2) is 74.9 Å². The Labute approximate surface area is 185 Å². The summed E-state index contributed by atoms with van der Waals surface area (Å²) in [6, 6.07) is 18.6. The molecule has 0 atom stereocenters. The molecular formula is C22H13BrCl2O2S. The number of carbonyl (C=O) groups excluding carboxylic acids is 1. The number of benzene rings is 3. The number of ether oxygens (including phenoxy) is 1. The third-order valence-electron chi connectivity index (χ3n) is 4.23. The van der Waals surface area contributed by atoms with Crippen LogP contribution in [0.3, 0.4) is 0 Å². The number of rotatable bonds is 4. The summed E-state index contributed by atoms with van der Waals surface area (Å²) in [5.41, 5.74) is 2.40. The molecule has 140 valence electrons. The summed E-state index contributed by atoms with van der Waals surface area (Å²) in [5.74, 6) is 0.707. The van der Waals surface area contributed by atoms with Gasteiger partial charge in [0, 0.05) is 36.1 Å². The van der Waals surface area contributed by atoms with Crippen LogP contribution in [0.25, 0.3) is 6.08 Å². The number of ketones is 1. The summed E-state index contributed by atoms with van der Waals surface area (Å²) in [6.45, 7) is 0.301. The van der Waals surface area contributed by atoms with Gasteiger partial charge in [-0.15, -0.1) is 0 Å². The molecule has 0 N–H and O–H groups in total. The molecule has 28 heavy (non-hydrogen) atoms. The Morgan fingerprint density at radius 1 is 1.04 bits per heavy atom. The molecule has 0 unspecified atom stereocenters. The first-order chi connectivity index (χ1) is 13.5. The van der Waals surface area contributed by atoms with Crippen LogP contribution >= 0.6 is 50.9 Å². The van der Waals surface area contributed by atoms with Gasteiger partial charge in [0.15, 0.2) is 0 Å². The first kappa shape index (κ1) is 19.6. The quantitative estimate of drug-likeness (QED) is 0.350. The second-order valence-electron chi connectivity index (χ2n) is 6.14. The van der Waals surface area contributed by atoms with E-state index in [1.165, 1.54) is 11.8 Å². The molecule has 1 aliphatic heterocycles.